The van der Waals surface area contributed by atoms with E-state index in [0.717, 1.165) is 26.4 Å². The zero-order valence-electron chi connectivity index (χ0n) is 17.5. The van der Waals surface area contributed by atoms with E-state index in [1.54, 1.807) is 22.9 Å². The van der Waals surface area contributed by atoms with E-state index in [9.17, 15) is 4.79 Å². The molecule has 0 unspecified atom stereocenters. The molecule has 158 valence electrons. The molecule has 31 heavy (non-hydrogen) atoms. The van der Waals surface area contributed by atoms with Gasteiger partial charge in [0, 0.05) is 21.9 Å². The number of fused-ring (bicyclic) bond motifs is 1. The summed E-state index contributed by atoms with van der Waals surface area (Å²) in [6.07, 6.45) is 1.73. The molecule has 0 aliphatic carbocycles. The molecule has 4 rings (SSSR count). The zero-order valence-corrected chi connectivity index (χ0v) is 19.9. The molecule has 1 amide bonds. The second-order valence-electron chi connectivity index (χ2n) is 7.45. The van der Waals surface area contributed by atoms with Gasteiger partial charge in [-0.15, -0.1) is 11.8 Å². The highest BCUT2D eigenvalue weighted by atomic mass is 35.5. The van der Waals surface area contributed by atoms with Gasteiger partial charge in [0.2, 0.25) is 0 Å². The number of amides is 1. The molecule has 0 aliphatic rings. The van der Waals surface area contributed by atoms with Gasteiger partial charge < -0.3 is 0 Å². The minimum Gasteiger partial charge on any atom is -0.278 e. The van der Waals surface area contributed by atoms with Crippen LogP contribution in [0.2, 0.25) is 5.02 Å². The number of hydrogen-bond acceptors (Lipinski definition) is 5. The molecule has 2 heterocycles. The fourth-order valence-corrected chi connectivity index (χ4v) is 5.43. The Bertz CT molecular complexity index is 1190. The van der Waals surface area contributed by atoms with E-state index in [0.29, 0.717) is 27.5 Å². The number of halogens is 1. The molecule has 0 N–H and O–H groups in total. The first-order valence-electron chi connectivity index (χ1n) is 9.96. The summed E-state index contributed by atoms with van der Waals surface area (Å²) < 4.78 is 0.889. The number of carbonyl (C=O) groups is 1. The van der Waals surface area contributed by atoms with Crippen molar-refractivity contribution in [3.05, 3.63) is 82.6 Å². The molecule has 4 aromatic rings. The smallest absolute Gasteiger partial charge is 0.260 e. The molecular weight excluding hydrogens is 446 g/mol. The Kier molecular flexibility index (Phi) is 6.60. The number of pyridine rings is 1. The number of anilines is 1. The van der Waals surface area contributed by atoms with Crippen molar-refractivity contribution in [2.75, 3.05) is 4.90 Å². The molecule has 0 bridgehead atoms. The van der Waals surface area contributed by atoms with Crippen molar-refractivity contribution in [1.29, 1.82) is 0 Å². The maximum absolute atomic E-state index is 13.7. The Labute approximate surface area is 195 Å². The van der Waals surface area contributed by atoms with Crippen LogP contribution in [-0.4, -0.2) is 21.1 Å². The van der Waals surface area contributed by atoms with Gasteiger partial charge in [0.05, 0.1) is 27.5 Å². The maximum Gasteiger partial charge on any atom is 0.260 e. The predicted molar refractivity (Wildman–Crippen MR) is 132 cm³/mol. The van der Waals surface area contributed by atoms with Crippen molar-refractivity contribution < 1.29 is 4.79 Å². The molecule has 0 atom stereocenters. The van der Waals surface area contributed by atoms with Gasteiger partial charge >= 0.3 is 0 Å². The van der Waals surface area contributed by atoms with Crippen molar-refractivity contribution in [3.8, 4) is 0 Å². The highest BCUT2D eigenvalue weighted by Crippen LogP contribution is 2.36. The SMILES string of the molecule is Cc1ccc(Cl)c2sc(N(Cc3ccccn3)C(=O)c3cccc(SC(C)C)c3)nc12. The summed E-state index contributed by atoms with van der Waals surface area (Å²) in [5, 5.41) is 1.69. The Morgan fingerprint density at radius 3 is 2.71 bits per heavy atom. The molecule has 0 spiro atoms. The van der Waals surface area contributed by atoms with Crippen LogP contribution in [0.3, 0.4) is 0 Å². The molecular formula is C24H22ClN3OS2. The molecule has 4 nitrogen and oxygen atoms in total. The molecule has 0 saturated heterocycles. The van der Waals surface area contributed by atoms with Gasteiger partial charge in [-0.3, -0.25) is 14.7 Å². The van der Waals surface area contributed by atoms with Crippen LogP contribution in [0, 0.1) is 6.92 Å². The molecule has 7 heteroatoms. The molecule has 0 aliphatic heterocycles. The molecule has 0 radical (unpaired) electrons. The van der Waals surface area contributed by atoms with E-state index < -0.39 is 0 Å². The summed E-state index contributed by atoms with van der Waals surface area (Å²) in [5.41, 5.74) is 3.28. The number of benzene rings is 2. The Morgan fingerprint density at radius 1 is 1.16 bits per heavy atom. The van der Waals surface area contributed by atoms with Crippen LogP contribution in [0.1, 0.15) is 35.5 Å². The van der Waals surface area contributed by atoms with Crippen LogP contribution >= 0.6 is 34.7 Å². The third-order valence-electron chi connectivity index (χ3n) is 4.66. The summed E-state index contributed by atoms with van der Waals surface area (Å²) >= 11 is 9.59. The first kappa shape index (κ1) is 21.8. The van der Waals surface area contributed by atoms with Crippen molar-refractivity contribution in [2.45, 2.75) is 37.5 Å². The Morgan fingerprint density at radius 2 is 2.00 bits per heavy atom. The fraction of sp³-hybridized carbons (Fsp3) is 0.208. The summed E-state index contributed by atoms with van der Waals surface area (Å²) in [6, 6.07) is 17.3. The van der Waals surface area contributed by atoms with E-state index in [-0.39, 0.29) is 5.91 Å². The summed E-state index contributed by atoms with van der Waals surface area (Å²) in [4.78, 5) is 25.6. The van der Waals surface area contributed by atoms with E-state index in [1.807, 2.05) is 61.5 Å². The van der Waals surface area contributed by atoms with Gasteiger partial charge in [-0.05, 0) is 48.9 Å². The minimum absolute atomic E-state index is 0.107. The number of aromatic nitrogens is 2. The summed E-state index contributed by atoms with van der Waals surface area (Å²) in [6.45, 7) is 6.61. The molecule has 2 aromatic heterocycles. The third kappa shape index (κ3) is 4.92. The number of carbonyl (C=O) groups excluding carboxylic acids is 1. The number of thioether (sulfide) groups is 1. The Balaban J connectivity index is 1.77. The van der Waals surface area contributed by atoms with E-state index in [2.05, 4.69) is 18.8 Å². The highest BCUT2D eigenvalue weighted by molar-refractivity contribution is 7.99. The van der Waals surface area contributed by atoms with Gasteiger partial charge in [0.1, 0.15) is 0 Å². The lowest BCUT2D eigenvalue weighted by molar-refractivity contribution is 0.0984. The van der Waals surface area contributed by atoms with Crippen LogP contribution in [0.4, 0.5) is 5.13 Å². The van der Waals surface area contributed by atoms with Crippen molar-refractivity contribution in [3.63, 3.8) is 0 Å². The normalized spacial score (nSPS) is 11.3. The van der Waals surface area contributed by atoms with Gasteiger partial charge in [-0.25, -0.2) is 4.98 Å². The second-order valence-corrected chi connectivity index (χ2v) is 10.5. The van der Waals surface area contributed by atoms with Gasteiger partial charge in [-0.1, -0.05) is 55.0 Å². The Hall–Kier alpha value is -2.41. The van der Waals surface area contributed by atoms with Crippen LogP contribution in [0.15, 0.2) is 65.7 Å². The molecule has 0 saturated carbocycles. The second kappa shape index (κ2) is 9.39. The molecule has 2 aromatic carbocycles. The standard InChI is InChI=1S/C24H22ClN3OS2/c1-15(2)30-19-9-6-7-17(13-19)23(29)28(14-18-8-4-5-12-26-18)24-27-21-16(3)10-11-20(25)22(21)31-24/h4-13,15H,14H2,1-3H3. The lowest BCUT2D eigenvalue weighted by Crippen LogP contribution is -2.30. The van der Waals surface area contributed by atoms with Gasteiger partial charge in [0.25, 0.3) is 5.91 Å². The topological polar surface area (TPSA) is 46.1 Å². The van der Waals surface area contributed by atoms with E-state index >= 15 is 0 Å². The number of hydrogen-bond donors (Lipinski definition) is 0. The van der Waals surface area contributed by atoms with Crippen LogP contribution < -0.4 is 4.90 Å². The maximum atomic E-state index is 13.7. The average Bonchev–Trinajstić information content (AvgIpc) is 3.21. The fourth-order valence-electron chi connectivity index (χ4n) is 3.22. The number of nitrogens with zero attached hydrogens (tertiary/aromatic N) is 3. The quantitative estimate of drug-likeness (QED) is 0.286. The van der Waals surface area contributed by atoms with Crippen LogP contribution in [-0.2, 0) is 6.54 Å². The minimum atomic E-state index is -0.107. The number of rotatable bonds is 6. The van der Waals surface area contributed by atoms with Crippen LogP contribution in [0.5, 0.6) is 0 Å². The van der Waals surface area contributed by atoms with Crippen molar-refractivity contribution >= 4 is 56.0 Å². The highest BCUT2D eigenvalue weighted by Gasteiger charge is 2.23. The lowest BCUT2D eigenvalue weighted by atomic mass is 10.2. The first-order chi connectivity index (χ1) is 14.9. The number of aryl methyl sites for hydroxylation is 1. The summed E-state index contributed by atoms with van der Waals surface area (Å²) in [5.74, 6) is -0.107. The van der Waals surface area contributed by atoms with Crippen molar-refractivity contribution in [1.82, 2.24) is 9.97 Å². The number of thiazole rings is 1. The largest absolute Gasteiger partial charge is 0.278 e. The first-order valence-corrected chi connectivity index (χ1v) is 12.0. The monoisotopic (exact) mass is 467 g/mol. The lowest BCUT2D eigenvalue weighted by Gasteiger charge is -2.20. The third-order valence-corrected chi connectivity index (χ3v) is 7.20. The van der Waals surface area contributed by atoms with Crippen molar-refractivity contribution in [2.24, 2.45) is 0 Å². The molecule has 0 fully saturated rings. The zero-order chi connectivity index (χ0) is 22.0. The van der Waals surface area contributed by atoms with E-state index in [4.69, 9.17) is 16.6 Å². The summed E-state index contributed by atoms with van der Waals surface area (Å²) in [7, 11) is 0. The predicted octanol–water partition coefficient (Wildman–Crippen LogP) is 7.00. The van der Waals surface area contributed by atoms with Crippen LogP contribution in [0.25, 0.3) is 10.2 Å². The van der Waals surface area contributed by atoms with Gasteiger partial charge in [-0.2, -0.15) is 0 Å². The van der Waals surface area contributed by atoms with E-state index in [1.165, 1.54) is 11.3 Å². The van der Waals surface area contributed by atoms with Gasteiger partial charge in [0.15, 0.2) is 5.13 Å². The average molecular weight is 468 g/mol.